The first-order valence-electron chi connectivity index (χ1n) is 12.9. The van der Waals surface area contributed by atoms with Gasteiger partial charge in [-0.15, -0.1) is 0 Å². The van der Waals surface area contributed by atoms with Gasteiger partial charge in [0, 0.05) is 0 Å². The molecule has 1 aromatic carbocycles. The Balaban J connectivity index is 1.42. The molecule has 0 heterocycles. The van der Waals surface area contributed by atoms with Crippen molar-refractivity contribution in [2.45, 2.75) is 110 Å². The molecule has 1 atom stereocenters. The number of nitriles is 1. The Morgan fingerprint density at radius 3 is 1.97 bits per heavy atom. The molecule has 1 nitrogen and oxygen atoms in total. The Morgan fingerprint density at radius 2 is 1.42 bits per heavy atom. The van der Waals surface area contributed by atoms with E-state index in [1.807, 2.05) is 0 Å². The number of halogens is 2. The van der Waals surface area contributed by atoms with Crippen LogP contribution in [0.5, 0.6) is 0 Å². The Bertz CT molecular complexity index is 698. The highest BCUT2D eigenvalue weighted by atomic mass is 19.1. The highest BCUT2D eigenvalue weighted by Gasteiger charge is 2.33. The van der Waals surface area contributed by atoms with Crippen LogP contribution in [0.2, 0.25) is 0 Å². The van der Waals surface area contributed by atoms with Crippen LogP contribution in [0.3, 0.4) is 0 Å². The standard InChI is InChI=1S/C28H41F2N/c1-3-4-5-6-7-8-21-9-11-23(12-10-21)24-15-13-22(14-16-24)20(2)25-17-27(29)26(19-31)28(30)18-25/h17-18,20-24H,3-16H2,1-2H3/t20?,21-,22?,23-,24?. The average Bonchev–Trinajstić information content (AvgIpc) is 2.79. The van der Waals surface area contributed by atoms with Gasteiger partial charge in [-0.3, -0.25) is 0 Å². The second-order valence-electron chi connectivity index (χ2n) is 10.4. The minimum Gasteiger partial charge on any atom is -0.205 e. The quantitative estimate of drug-likeness (QED) is 0.359. The van der Waals surface area contributed by atoms with Crippen LogP contribution in [0.25, 0.3) is 0 Å². The van der Waals surface area contributed by atoms with Crippen molar-refractivity contribution in [2.75, 3.05) is 0 Å². The van der Waals surface area contributed by atoms with Crippen molar-refractivity contribution in [1.29, 1.82) is 5.26 Å². The third kappa shape index (κ3) is 6.53. The highest BCUT2D eigenvalue weighted by Crippen LogP contribution is 2.45. The number of hydrogen-bond acceptors (Lipinski definition) is 1. The maximum Gasteiger partial charge on any atom is 0.144 e. The molecule has 0 saturated heterocycles. The molecule has 0 N–H and O–H groups in total. The molecule has 0 radical (unpaired) electrons. The molecule has 1 aromatic rings. The van der Waals surface area contributed by atoms with Crippen molar-refractivity contribution < 1.29 is 8.78 Å². The van der Waals surface area contributed by atoms with Gasteiger partial charge in [-0.05, 0) is 85.8 Å². The summed E-state index contributed by atoms with van der Waals surface area (Å²) < 4.78 is 28.1. The monoisotopic (exact) mass is 429 g/mol. The molecule has 3 rings (SSSR count). The Kier molecular flexibility index (Phi) is 9.36. The van der Waals surface area contributed by atoms with E-state index < -0.39 is 17.2 Å². The van der Waals surface area contributed by atoms with Gasteiger partial charge >= 0.3 is 0 Å². The van der Waals surface area contributed by atoms with Crippen LogP contribution >= 0.6 is 0 Å². The molecule has 2 saturated carbocycles. The van der Waals surface area contributed by atoms with Crippen LogP contribution in [0.15, 0.2) is 12.1 Å². The lowest BCUT2D eigenvalue weighted by molar-refractivity contribution is 0.136. The van der Waals surface area contributed by atoms with Gasteiger partial charge in [-0.25, -0.2) is 8.78 Å². The van der Waals surface area contributed by atoms with Crippen LogP contribution in [-0.4, -0.2) is 0 Å². The highest BCUT2D eigenvalue weighted by molar-refractivity contribution is 5.36. The minimum absolute atomic E-state index is 0.140. The fourth-order valence-corrected chi connectivity index (χ4v) is 6.34. The summed E-state index contributed by atoms with van der Waals surface area (Å²) in [6.45, 7) is 4.37. The first-order valence-corrected chi connectivity index (χ1v) is 12.9. The molecule has 2 aliphatic rings. The zero-order valence-corrected chi connectivity index (χ0v) is 19.6. The summed E-state index contributed by atoms with van der Waals surface area (Å²) in [7, 11) is 0. The van der Waals surface area contributed by atoms with Crippen LogP contribution < -0.4 is 0 Å². The van der Waals surface area contributed by atoms with Crippen molar-refractivity contribution in [3.05, 3.63) is 34.9 Å². The van der Waals surface area contributed by atoms with E-state index in [4.69, 9.17) is 5.26 Å². The Hall–Kier alpha value is -1.43. The lowest BCUT2D eigenvalue weighted by Crippen LogP contribution is -2.27. The second-order valence-corrected chi connectivity index (χ2v) is 10.4. The predicted octanol–water partition coefficient (Wildman–Crippen LogP) is 8.91. The van der Waals surface area contributed by atoms with Gasteiger partial charge in [0.2, 0.25) is 0 Å². The third-order valence-corrected chi connectivity index (χ3v) is 8.50. The maximum atomic E-state index is 14.0. The average molecular weight is 430 g/mol. The summed E-state index contributed by atoms with van der Waals surface area (Å²) in [5, 5.41) is 8.89. The smallest absolute Gasteiger partial charge is 0.144 e. The molecule has 0 spiro atoms. The van der Waals surface area contributed by atoms with Gasteiger partial charge in [0.1, 0.15) is 23.3 Å². The molecule has 0 aromatic heterocycles. The van der Waals surface area contributed by atoms with Crippen molar-refractivity contribution in [3.8, 4) is 6.07 Å². The van der Waals surface area contributed by atoms with Gasteiger partial charge in [0.25, 0.3) is 0 Å². The summed E-state index contributed by atoms with van der Waals surface area (Å²) >= 11 is 0. The number of rotatable bonds is 9. The lowest BCUT2D eigenvalue weighted by Gasteiger charge is -2.39. The topological polar surface area (TPSA) is 23.8 Å². The Labute approximate surface area is 188 Å². The molecule has 0 aliphatic heterocycles. The van der Waals surface area contributed by atoms with E-state index in [2.05, 4.69) is 13.8 Å². The van der Waals surface area contributed by atoms with E-state index in [1.165, 1.54) is 89.2 Å². The SMILES string of the molecule is CCCCCCC[C@H]1CC[C@H](C2CCC(C(C)c3cc(F)c(C#N)c(F)c3)CC2)CC1. The zero-order valence-electron chi connectivity index (χ0n) is 19.6. The second kappa shape index (κ2) is 12.0. The molecular weight excluding hydrogens is 388 g/mol. The van der Waals surface area contributed by atoms with E-state index >= 15 is 0 Å². The molecule has 0 bridgehead atoms. The maximum absolute atomic E-state index is 14.0. The molecule has 2 aliphatic carbocycles. The molecule has 31 heavy (non-hydrogen) atoms. The normalized spacial score (nSPS) is 27.6. The van der Waals surface area contributed by atoms with Gasteiger partial charge in [-0.1, -0.05) is 65.2 Å². The van der Waals surface area contributed by atoms with Crippen LogP contribution in [0.1, 0.15) is 121 Å². The number of unbranched alkanes of at least 4 members (excludes halogenated alkanes) is 4. The lowest BCUT2D eigenvalue weighted by atomic mass is 9.66. The van der Waals surface area contributed by atoms with Crippen molar-refractivity contribution >= 4 is 0 Å². The number of benzene rings is 1. The van der Waals surface area contributed by atoms with Gasteiger partial charge in [-0.2, -0.15) is 5.26 Å². The molecule has 2 fully saturated rings. The fourth-order valence-electron chi connectivity index (χ4n) is 6.34. The summed E-state index contributed by atoms with van der Waals surface area (Å²) in [5.41, 5.74) is 0.244. The van der Waals surface area contributed by atoms with Gasteiger partial charge in [0.15, 0.2) is 0 Å². The van der Waals surface area contributed by atoms with E-state index in [-0.39, 0.29) is 5.92 Å². The fraction of sp³-hybridized carbons (Fsp3) is 0.750. The van der Waals surface area contributed by atoms with E-state index in [0.717, 1.165) is 30.6 Å². The van der Waals surface area contributed by atoms with Crippen LogP contribution in [-0.2, 0) is 0 Å². The number of nitrogens with zero attached hydrogens (tertiary/aromatic N) is 1. The van der Waals surface area contributed by atoms with Crippen LogP contribution in [0, 0.1) is 46.6 Å². The first-order chi connectivity index (χ1) is 15.0. The van der Waals surface area contributed by atoms with Crippen molar-refractivity contribution in [1.82, 2.24) is 0 Å². The van der Waals surface area contributed by atoms with Crippen molar-refractivity contribution in [2.24, 2.45) is 23.7 Å². The molecule has 1 unspecified atom stereocenters. The summed E-state index contributed by atoms with van der Waals surface area (Å²) in [5.74, 6) is 1.90. The molecule has 172 valence electrons. The summed E-state index contributed by atoms with van der Waals surface area (Å²) in [6, 6.07) is 4.38. The first kappa shape index (κ1) is 24.2. The zero-order chi connectivity index (χ0) is 22.2. The van der Waals surface area contributed by atoms with Crippen molar-refractivity contribution in [3.63, 3.8) is 0 Å². The minimum atomic E-state index is -0.722. The summed E-state index contributed by atoms with van der Waals surface area (Å²) in [6.07, 6.45) is 19.0. The van der Waals surface area contributed by atoms with E-state index in [9.17, 15) is 8.78 Å². The molecule has 0 amide bonds. The van der Waals surface area contributed by atoms with Gasteiger partial charge in [0.05, 0.1) is 0 Å². The molecular formula is C28H41F2N. The van der Waals surface area contributed by atoms with Gasteiger partial charge < -0.3 is 0 Å². The molecule has 3 heteroatoms. The van der Waals surface area contributed by atoms with Crippen LogP contribution in [0.4, 0.5) is 8.78 Å². The number of hydrogen-bond donors (Lipinski definition) is 0. The Morgan fingerprint density at radius 1 is 0.871 bits per heavy atom. The third-order valence-electron chi connectivity index (χ3n) is 8.50. The van der Waals surface area contributed by atoms with E-state index in [1.54, 1.807) is 6.07 Å². The predicted molar refractivity (Wildman–Crippen MR) is 124 cm³/mol. The van der Waals surface area contributed by atoms with E-state index in [0.29, 0.717) is 11.5 Å². The summed E-state index contributed by atoms with van der Waals surface area (Å²) in [4.78, 5) is 0. The largest absolute Gasteiger partial charge is 0.205 e.